The summed E-state index contributed by atoms with van der Waals surface area (Å²) in [6, 6.07) is 13.7. The molecule has 0 bridgehead atoms. The van der Waals surface area contributed by atoms with Gasteiger partial charge in [-0.1, -0.05) is 30.3 Å². The summed E-state index contributed by atoms with van der Waals surface area (Å²) in [5.74, 6) is 0.695. The predicted octanol–water partition coefficient (Wildman–Crippen LogP) is 3.73. The number of methoxy groups -OCH3 is 1. The van der Waals surface area contributed by atoms with Crippen LogP contribution >= 0.6 is 0 Å². The van der Waals surface area contributed by atoms with Crippen molar-refractivity contribution in [3.05, 3.63) is 59.2 Å². The van der Waals surface area contributed by atoms with Crippen LogP contribution in [0.4, 0.5) is 5.69 Å². The van der Waals surface area contributed by atoms with Gasteiger partial charge in [-0.2, -0.15) is 0 Å². The molecule has 0 saturated carbocycles. The van der Waals surface area contributed by atoms with E-state index in [4.69, 9.17) is 4.74 Å². The molecule has 1 aliphatic rings. The molecule has 0 atom stereocenters. The van der Waals surface area contributed by atoms with Gasteiger partial charge in [0.2, 0.25) is 11.8 Å². The van der Waals surface area contributed by atoms with Crippen molar-refractivity contribution in [1.29, 1.82) is 0 Å². The molecule has 1 N–H and O–H groups in total. The maximum absolute atomic E-state index is 12.7. The summed E-state index contributed by atoms with van der Waals surface area (Å²) in [5, 5.41) is 3.00. The van der Waals surface area contributed by atoms with Crippen molar-refractivity contribution in [3.8, 4) is 5.75 Å². The molecule has 1 fully saturated rings. The second-order valence-corrected chi connectivity index (χ2v) is 7.45. The molecule has 0 spiro atoms. The highest BCUT2D eigenvalue weighted by atomic mass is 16.5. The van der Waals surface area contributed by atoms with Crippen molar-refractivity contribution < 1.29 is 14.3 Å². The van der Waals surface area contributed by atoms with Gasteiger partial charge in [0.05, 0.1) is 19.2 Å². The van der Waals surface area contributed by atoms with E-state index in [0.29, 0.717) is 43.8 Å². The molecule has 0 unspecified atom stereocenters. The van der Waals surface area contributed by atoms with Crippen molar-refractivity contribution in [2.45, 2.75) is 33.1 Å². The van der Waals surface area contributed by atoms with Crippen molar-refractivity contribution in [3.63, 3.8) is 0 Å². The van der Waals surface area contributed by atoms with Crippen LogP contribution in [-0.2, 0) is 16.0 Å². The fraction of sp³-hybridized carbons (Fsp3) is 0.391. The number of piperidine rings is 1. The van der Waals surface area contributed by atoms with Gasteiger partial charge in [-0.3, -0.25) is 9.59 Å². The number of nitrogens with one attached hydrogen (secondary N) is 1. The number of amides is 2. The van der Waals surface area contributed by atoms with Crippen LogP contribution in [0.5, 0.6) is 5.75 Å². The summed E-state index contributed by atoms with van der Waals surface area (Å²) < 4.78 is 5.34. The maximum Gasteiger partial charge on any atom is 0.227 e. The summed E-state index contributed by atoms with van der Waals surface area (Å²) in [5.41, 5.74) is 3.97. The average Bonchev–Trinajstić information content (AvgIpc) is 2.70. The van der Waals surface area contributed by atoms with Crippen molar-refractivity contribution in [2.75, 3.05) is 25.5 Å². The summed E-state index contributed by atoms with van der Waals surface area (Å²) in [6.45, 7) is 5.24. The highest BCUT2D eigenvalue weighted by Gasteiger charge is 2.28. The first-order chi connectivity index (χ1) is 13.5. The maximum atomic E-state index is 12.7. The van der Waals surface area contributed by atoms with Crippen molar-refractivity contribution >= 4 is 17.5 Å². The highest BCUT2D eigenvalue weighted by molar-refractivity contribution is 5.94. The molecule has 1 saturated heterocycles. The number of rotatable bonds is 5. The Bertz CT molecular complexity index is 855. The third-order valence-electron chi connectivity index (χ3n) is 5.43. The Labute approximate surface area is 166 Å². The zero-order valence-electron chi connectivity index (χ0n) is 16.8. The summed E-state index contributed by atoms with van der Waals surface area (Å²) in [4.78, 5) is 27.2. The number of hydrogen-bond acceptors (Lipinski definition) is 3. The molecule has 0 radical (unpaired) electrons. The van der Waals surface area contributed by atoms with Gasteiger partial charge >= 0.3 is 0 Å². The molecule has 2 amide bonds. The van der Waals surface area contributed by atoms with Crippen LogP contribution in [0.15, 0.2) is 42.5 Å². The van der Waals surface area contributed by atoms with E-state index in [-0.39, 0.29) is 17.7 Å². The van der Waals surface area contributed by atoms with Crippen LogP contribution in [0, 0.1) is 19.8 Å². The van der Waals surface area contributed by atoms with Crippen LogP contribution in [0.1, 0.15) is 29.5 Å². The Kier molecular flexibility index (Phi) is 6.34. The smallest absolute Gasteiger partial charge is 0.227 e. The molecular formula is C23H28N2O3. The first-order valence-corrected chi connectivity index (χ1v) is 9.75. The largest absolute Gasteiger partial charge is 0.495 e. The molecular weight excluding hydrogens is 352 g/mol. The van der Waals surface area contributed by atoms with E-state index < -0.39 is 0 Å². The lowest BCUT2D eigenvalue weighted by Gasteiger charge is -2.31. The SMILES string of the molecule is COc1ccc(C)cc1NC(=O)C1CCN(C(=O)Cc2ccccc2C)CC1. The molecule has 2 aromatic rings. The fourth-order valence-corrected chi connectivity index (χ4v) is 3.63. The minimum Gasteiger partial charge on any atom is -0.495 e. The zero-order chi connectivity index (χ0) is 20.1. The Morgan fingerprint density at radius 2 is 1.82 bits per heavy atom. The van der Waals surface area contributed by atoms with E-state index in [1.165, 1.54) is 0 Å². The van der Waals surface area contributed by atoms with Crippen LogP contribution in [0.25, 0.3) is 0 Å². The normalized spacial score (nSPS) is 14.6. The van der Waals surface area contributed by atoms with Gasteiger partial charge in [-0.25, -0.2) is 0 Å². The second-order valence-electron chi connectivity index (χ2n) is 7.45. The summed E-state index contributed by atoms with van der Waals surface area (Å²) in [6.07, 6.45) is 1.78. The number of carbonyl (C=O) groups is 2. The molecule has 0 aliphatic carbocycles. The highest BCUT2D eigenvalue weighted by Crippen LogP contribution is 2.27. The third kappa shape index (κ3) is 4.71. The van der Waals surface area contributed by atoms with Gasteiger partial charge in [0, 0.05) is 19.0 Å². The van der Waals surface area contributed by atoms with Gasteiger partial charge in [0.25, 0.3) is 0 Å². The lowest BCUT2D eigenvalue weighted by atomic mass is 9.95. The third-order valence-corrected chi connectivity index (χ3v) is 5.43. The van der Waals surface area contributed by atoms with Crippen LogP contribution in [-0.4, -0.2) is 36.9 Å². The summed E-state index contributed by atoms with van der Waals surface area (Å²) >= 11 is 0. The Balaban J connectivity index is 1.55. The number of carbonyl (C=O) groups excluding carboxylic acids is 2. The Morgan fingerprint density at radius 3 is 2.50 bits per heavy atom. The number of nitrogens with zero attached hydrogens (tertiary/aromatic N) is 1. The van der Waals surface area contributed by atoms with E-state index in [0.717, 1.165) is 16.7 Å². The van der Waals surface area contributed by atoms with Crippen LogP contribution in [0.2, 0.25) is 0 Å². The molecule has 0 aromatic heterocycles. The predicted molar refractivity (Wildman–Crippen MR) is 111 cm³/mol. The van der Waals surface area contributed by atoms with E-state index in [1.54, 1.807) is 7.11 Å². The molecule has 28 heavy (non-hydrogen) atoms. The molecule has 148 valence electrons. The first kappa shape index (κ1) is 19.9. The lowest BCUT2D eigenvalue weighted by molar-refractivity contribution is -0.133. The molecule has 1 heterocycles. The first-order valence-electron chi connectivity index (χ1n) is 9.75. The van der Waals surface area contributed by atoms with Gasteiger partial charge < -0.3 is 15.0 Å². The standard InChI is InChI=1S/C23H28N2O3/c1-16-8-9-21(28-3)20(14-16)24-23(27)18-10-12-25(13-11-18)22(26)15-19-7-5-4-6-17(19)2/h4-9,14,18H,10-13,15H2,1-3H3,(H,24,27). The Morgan fingerprint density at radius 1 is 1.11 bits per heavy atom. The van der Waals surface area contributed by atoms with Crippen LogP contribution < -0.4 is 10.1 Å². The van der Waals surface area contributed by atoms with Gasteiger partial charge in [-0.15, -0.1) is 0 Å². The zero-order valence-corrected chi connectivity index (χ0v) is 16.8. The minimum atomic E-state index is -0.0901. The quantitative estimate of drug-likeness (QED) is 0.860. The Hall–Kier alpha value is -2.82. The second kappa shape index (κ2) is 8.91. The number of benzene rings is 2. The van der Waals surface area contributed by atoms with E-state index >= 15 is 0 Å². The van der Waals surface area contributed by atoms with E-state index in [2.05, 4.69) is 5.32 Å². The van der Waals surface area contributed by atoms with E-state index in [1.807, 2.05) is 61.2 Å². The molecule has 5 heteroatoms. The van der Waals surface area contributed by atoms with Crippen molar-refractivity contribution in [1.82, 2.24) is 4.90 Å². The van der Waals surface area contributed by atoms with Gasteiger partial charge in [0.15, 0.2) is 0 Å². The number of anilines is 1. The molecule has 2 aromatic carbocycles. The molecule has 1 aliphatic heterocycles. The topological polar surface area (TPSA) is 58.6 Å². The number of ether oxygens (including phenoxy) is 1. The number of aryl methyl sites for hydroxylation is 2. The number of likely N-dealkylation sites (tertiary alicyclic amines) is 1. The van der Waals surface area contributed by atoms with Gasteiger partial charge in [0.1, 0.15) is 5.75 Å². The summed E-state index contributed by atoms with van der Waals surface area (Å²) in [7, 11) is 1.60. The van der Waals surface area contributed by atoms with Gasteiger partial charge in [-0.05, 0) is 55.5 Å². The van der Waals surface area contributed by atoms with Crippen molar-refractivity contribution in [2.24, 2.45) is 5.92 Å². The molecule has 5 nitrogen and oxygen atoms in total. The average molecular weight is 380 g/mol. The number of hydrogen-bond donors (Lipinski definition) is 1. The fourth-order valence-electron chi connectivity index (χ4n) is 3.63. The molecule has 3 rings (SSSR count). The monoisotopic (exact) mass is 380 g/mol. The minimum absolute atomic E-state index is 0.00472. The van der Waals surface area contributed by atoms with E-state index in [9.17, 15) is 9.59 Å². The lowest BCUT2D eigenvalue weighted by Crippen LogP contribution is -2.42. The van der Waals surface area contributed by atoms with Crippen LogP contribution in [0.3, 0.4) is 0 Å².